The van der Waals surface area contributed by atoms with Crippen molar-refractivity contribution >= 4 is 22.6 Å². The average Bonchev–Trinajstić information content (AvgIpc) is 2.77. The summed E-state index contributed by atoms with van der Waals surface area (Å²) in [5.41, 5.74) is -0.678. The van der Waals surface area contributed by atoms with Crippen molar-refractivity contribution in [1.82, 2.24) is 20.2 Å². The summed E-state index contributed by atoms with van der Waals surface area (Å²) >= 11 is 0. The highest BCUT2D eigenvalue weighted by atomic mass is 16.2. The molecule has 0 saturated heterocycles. The van der Waals surface area contributed by atoms with Gasteiger partial charge in [-0.15, -0.1) is 0 Å². The molecule has 0 bridgehead atoms. The Hall–Kier alpha value is -2.92. The Balaban J connectivity index is 1.87. The third kappa shape index (κ3) is 5.91. The Morgan fingerprint density at radius 3 is 2.58 bits per heavy atom. The summed E-state index contributed by atoms with van der Waals surface area (Å²) in [4.78, 5) is 30.2. The molecule has 0 radical (unpaired) electrons. The lowest BCUT2D eigenvalue weighted by Crippen LogP contribution is -2.56. The number of aryl methyl sites for hydroxylation is 1. The van der Waals surface area contributed by atoms with E-state index >= 15 is 0 Å². The molecule has 1 aliphatic carbocycles. The second-order valence-corrected chi connectivity index (χ2v) is 10.3. The molecule has 1 aliphatic rings. The number of benzene rings is 1. The van der Waals surface area contributed by atoms with Crippen LogP contribution in [0.2, 0.25) is 0 Å². The normalized spacial score (nSPS) is 21.9. The van der Waals surface area contributed by atoms with Crippen LogP contribution in [-0.4, -0.2) is 39.6 Å². The lowest BCUT2D eigenvalue weighted by molar-refractivity contribution is -0.124. The lowest BCUT2D eigenvalue weighted by Gasteiger charge is -2.37. The Bertz CT molecular complexity index is 1090. The van der Waals surface area contributed by atoms with Gasteiger partial charge in [0, 0.05) is 18.5 Å². The first-order chi connectivity index (χ1) is 15.6. The largest absolute Gasteiger partial charge is 0.358 e. The molecule has 0 aliphatic heterocycles. The van der Waals surface area contributed by atoms with Crippen molar-refractivity contribution in [2.24, 2.45) is 12.5 Å². The summed E-state index contributed by atoms with van der Waals surface area (Å²) in [6.07, 6.45) is 3.44. The molecule has 2 aromatic rings. The van der Waals surface area contributed by atoms with E-state index in [0.29, 0.717) is 31.1 Å². The molecule has 3 N–H and O–H groups in total. The van der Waals surface area contributed by atoms with Gasteiger partial charge in [-0.2, -0.15) is 10.2 Å². The van der Waals surface area contributed by atoms with Crippen LogP contribution < -0.4 is 21.6 Å². The summed E-state index contributed by atoms with van der Waals surface area (Å²) < 4.78 is 1.49. The Morgan fingerprint density at radius 2 is 1.97 bits per heavy atom. The molecule has 1 aromatic carbocycles. The number of nitrogens with one attached hydrogen (secondary N) is 3. The summed E-state index contributed by atoms with van der Waals surface area (Å²) in [6.45, 7) is 9.15. The number of para-hydroxylation sites is 1. The standard InChI is InChI=1S/C25H36N6O2/c1-6-27-17-11-13-25(16-26,14-12-17)30-22(32)19(15-24(2,3)4)28-21-18-9-7-8-10-20(18)31(5)23(33)29-21/h7-10,17,19,27H,6,11-15H2,1-5H3,(H,30,32)(H,28,29,33)/t17?,19-,25?/m0/s1. The number of amides is 1. The molecule has 8 nitrogen and oxygen atoms in total. The van der Waals surface area contributed by atoms with E-state index in [0.717, 1.165) is 30.3 Å². The average molecular weight is 453 g/mol. The summed E-state index contributed by atoms with van der Waals surface area (Å²) in [5, 5.41) is 20.5. The maximum Gasteiger partial charge on any atom is 0.349 e. The van der Waals surface area contributed by atoms with Crippen molar-refractivity contribution in [3.05, 3.63) is 34.7 Å². The minimum absolute atomic E-state index is 0.160. The Morgan fingerprint density at radius 1 is 1.30 bits per heavy atom. The van der Waals surface area contributed by atoms with Gasteiger partial charge in [-0.05, 0) is 56.2 Å². The minimum Gasteiger partial charge on any atom is -0.358 e. The monoisotopic (exact) mass is 452 g/mol. The lowest BCUT2D eigenvalue weighted by atomic mass is 9.79. The van der Waals surface area contributed by atoms with E-state index in [2.05, 4.69) is 54.7 Å². The van der Waals surface area contributed by atoms with Crippen molar-refractivity contribution in [3.63, 3.8) is 0 Å². The van der Waals surface area contributed by atoms with E-state index in [1.165, 1.54) is 4.57 Å². The number of hydrogen-bond donors (Lipinski definition) is 3. The van der Waals surface area contributed by atoms with Gasteiger partial charge in [-0.25, -0.2) is 4.79 Å². The Kier molecular flexibility index (Phi) is 7.43. The van der Waals surface area contributed by atoms with Crippen LogP contribution in [0.4, 0.5) is 5.82 Å². The predicted octanol–water partition coefficient (Wildman–Crippen LogP) is 3.08. The van der Waals surface area contributed by atoms with E-state index in [9.17, 15) is 14.9 Å². The number of carbonyl (C=O) groups excluding carboxylic acids is 1. The number of aromatic nitrogens is 2. The minimum atomic E-state index is -0.872. The van der Waals surface area contributed by atoms with Crippen molar-refractivity contribution in [2.45, 2.75) is 77.4 Å². The molecular weight excluding hydrogens is 416 g/mol. The third-order valence-corrected chi connectivity index (χ3v) is 6.37. The topological polar surface area (TPSA) is 112 Å². The quantitative estimate of drug-likeness (QED) is 0.595. The molecule has 8 heteroatoms. The van der Waals surface area contributed by atoms with Gasteiger partial charge >= 0.3 is 5.69 Å². The van der Waals surface area contributed by atoms with Crippen LogP contribution in [0.5, 0.6) is 0 Å². The van der Waals surface area contributed by atoms with Crippen LogP contribution in [0.15, 0.2) is 29.1 Å². The van der Waals surface area contributed by atoms with Gasteiger partial charge in [0.05, 0.1) is 11.6 Å². The summed E-state index contributed by atoms with van der Waals surface area (Å²) in [6, 6.07) is 9.62. The van der Waals surface area contributed by atoms with Crippen LogP contribution in [0.3, 0.4) is 0 Å². The molecule has 178 valence electrons. The number of rotatable bonds is 7. The SMILES string of the molecule is CCNC1CCC(C#N)(NC(=O)[C@H](CC(C)(C)C)Nc2nc(=O)n(C)c3ccccc23)CC1. The summed E-state index contributed by atoms with van der Waals surface area (Å²) in [7, 11) is 1.68. The van der Waals surface area contributed by atoms with Gasteiger partial charge in [0.25, 0.3) is 0 Å². The zero-order valence-electron chi connectivity index (χ0n) is 20.4. The summed E-state index contributed by atoms with van der Waals surface area (Å²) in [5.74, 6) is 0.153. The number of carbonyl (C=O) groups is 1. The van der Waals surface area contributed by atoms with Crippen molar-refractivity contribution in [3.8, 4) is 6.07 Å². The van der Waals surface area contributed by atoms with E-state index in [4.69, 9.17) is 0 Å². The number of hydrogen-bond acceptors (Lipinski definition) is 6. The van der Waals surface area contributed by atoms with Gasteiger partial charge in [0.2, 0.25) is 5.91 Å². The first-order valence-corrected chi connectivity index (χ1v) is 11.8. The highest BCUT2D eigenvalue weighted by Gasteiger charge is 2.39. The molecule has 1 saturated carbocycles. The zero-order valence-corrected chi connectivity index (χ0v) is 20.4. The molecule has 1 fully saturated rings. The van der Waals surface area contributed by atoms with Crippen LogP contribution >= 0.6 is 0 Å². The maximum absolute atomic E-state index is 13.5. The van der Waals surface area contributed by atoms with Crippen molar-refractivity contribution in [1.29, 1.82) is 5.26 Å². The molecule has 0 unspecified atom stereocenters. The maximum atomic E-state index is 13.5. The highest BCUT2D eigenvalue weighted by molar-refractivity contribution is 5.92. The molecule has 0 spiro atoms. The van der Waals surface area contributed by atoms with Gasteiger partial charge in [0.15, 0.2) is 0 Å². The van der Waals surface area contributed by atoms with Crippen LogP contribution in [-0.2, 0) is 11.8 Å². The molecule has 33 heavy (non-hydrogen) atoms. The zero-order chi connectivity index (χ0) is 24.2. The number of fused-ring (bicyclic) bond motifs is 1. The van der Waals surface area contributed by atoms with E-state index in [1.54, 1.807) is 7.05 Å². The molecule has 1 atom stereocenters. The van der Waals surface area contributed by atoms with Crippen LogP contribution in [0.1, 0.15) is 59.8 Å². The fourth-order valence-corrected chi connectivity index (χ4v) is 4.59. The second-order valence-electron chi connectivity index (χ2n) is 10.3. The van der Waals surface area contributed by atoms with Gasteiger partial charge < -0.3 is 16.0 Å². The van der Waals surface area contributed by atoms with Gasteiger partial charge in [-0.1, -0.05) is 39.8 Å². The first kappa shape index (κ1) is 24.7. The van der Waals surface area contributed by atoms with Crippen LogP contribution in [0, 0.1) is 16.7 Å². The molecule has 1 amide bonds. The highest BCUT2D eigenvalue weighted by Crippen LogP contribution is 2.30. The molecule has 1 aromatic heterocycles. The van der Waals surface area contributed by atoms with Crippen molar-refractivity contribution in [2.75, 3.05) is 11.9 Å². The van der Waals surface area contributed by atoms with Crippen molar-refractivity contribution < 1.29 is 4.79 Å². The predicted molar refractivity (Wildman–Crippen MR) is 131 cm³/mol. The number of nitrogens with zero attached hydrogens (tertiary/aromatic N) is 3. The number of nitriles is 1. The van der Waals surface area contributed by atoms with Crippen LogP contribution in [0.25, 0.3) is 10.9 Å². The fourth-order valence-electron chi connectivity index (χ4n) is 4.59. The van der Waals surface area contributed by atoms with Gasteiger partial charge in [-0.3, -0.25) is 9.36 Å². The Labute approximate surface area is 195 Å². The van der Waals surface area contributed by atoms with Gasteiger partial charge in [0.1, 0.15) is 17.4 Å². The van der Waals surface area contributed by atoms with E-state index in [-0.39, 0.29) is 17.0 Å². The molecule has 1 heterocycles. The van der Waals surface area contributed by atoms with E-state index in [1.807, 2.05) is 24.3 Å². The second kappa shape index (κ2) is 9.92. The number of anilines is 1. The molecular formula is C25H36N6O2. The fraction of sp³-hybridized carbons (Fsp3) is 0.600. The van der Waals surface area contributed by atoms with E-state index < -0.39 is 11.6 Å². The first-order valence-electron chi connectivity index (χ1n) is 11.8. The third-order valence-electron chi connectivity index (χ3n) is 6.37. The smallest absolute Gasteiger partial charge is 0.349 e. The molecule has 3 rings (SSSR count).